The van der Waals surface area contributed by atoms with Crippen LogP contribution >= 0.6 is 0 Å². The highest BCUT2D eigenvalue weighted by atomic mass is 19.4. The highest BCUT2D eigenvalue weighted by Crippen LogP contribution is 2.26. The van der Waals surface area contributed by atoms with Gasteiger partial charge in [-0.1, -0.05) is 0 Å². The van der Waals surface area contributed by atoms with E-state index in [0.717, 1.165) is 0 Å². The third-order valence-electron chi connectivity index (χ3n) is 2.85. The third-order valence-corrected chi connectivity index (χ3v) is 2.85. The lowest BCUT2D eigenvalue weighted by atomic mass is 10.0. The van der Waals surface area contributed by atoms with Gasteiger partial charge in [-0.15, -0.1) is 0 Å². The molecule has 98 valence electrons. The van der Waals surface area contributed by atoms with E-state index in [4.69, 9.17) is 14.7 Å². The van der Waals surface area contributed by atoms with Crippen molar-refractivity contribution in [2.45, 2.75) is 18.2 Å². The number of alkyl halides is 3. The van der Waals surface area contributed by atoms with Crippen molar-refractivity contribution in [2.75, 3.05) is 33.4 Å². The number of nitriles is 1. The Morgan fingerprint density at radius 2 is 2.29 bits per heavy atom. The Labute approximate surface area is 97.7 Å². The first kappa shape index (κ1) is 14.2. The number of hydrogen-bond donors (Lipinski definition) is 1. The second-order valence-electron chi connectivity index (χ2n) is 4.04. The Balaban J connectivity index is 2.39. The van der Waals surface area contributed by atoms with Gasteiger partial charge in [0.05, 0.1) is 12.7 Å². The molecule has 0 bridgehead atoms. The summed E-state index contributed by atoms with van der Waals surface area (Å²) >= 11 is 0. The van der Waals surface area contributed by atoms with Crippen molar-refractivity contribution >= 4 is 0 Å². The average molecular weight is 252 g/mol. The van der Waals surface area contributed by atoms with Crippen LogP contribution in [0.4, 0.5) is 13.2 Å². The molecular formula is C10H15F3N2O2. The number of hydrogen-bond acceptors (Lipinski definition) is 4. The molecule has 2 atom stereocenters. The van der Waals surface area contributed by atoms with Crippen molar-refractivity contribution in [3.63, 3.8) is 0 Å². The number of nitrogens with zero attached hydrogens (tertiary/aromatic N) is 1. The van der Waals surface area contributed by atoms with Crippen LogP contribution in [0.15, 0.2) is 0 Å². The summed E-state index contributed by atoms with van der Waals surface area (Å²) in [4.78, 5) is 0. The fourth-order valence-corrected chi connectivity index (χ4v) is 1.64. The number of nitrogens with one attached hydrogen (secondary N) is 1. The van der Waals surface area contributed by atoms with E-state index in [1.54, 1.807) is 0 Å². The van der Waals surface area contributed by atoms with E-state index in [-0.39, 0.29) is 6.54 Å². The van der Waals surface area contributed by atoms with Crippen molar-refractivity contribution in [1.29, 1.82) is 5.26 Å². The predicted molar refractivity (Wildman–Crippen MR) is 53.2 cm³/mol. The van der Waals surface area contributed by atoms with Crippen molar-refractivity contribution in [1.82, 2.24) is 5.32 Å². The highest BCUT2D eigenvalue weighted by molar-refractivity contribution is 4.92. The maximum atomic E-state index is 12.3. The van der Waals surface area contributed by atoms with Crippen LogP contribution in [0.5, 0.6) is 0 Å². The first-order valence-corrected chi connectivity index (χ1v) is 5.23. The smallest absolute Gasteiger partial charge is 0.378 e. The number of methoxy groups -OCH3 is 1. The van der Waals surface area contributed by atoms with Gasteiger partial charge in [-0.2, -0.15) is 18.4 Å². The Bertz CT molecular complexity index is 282. The highest BCUT2D eigenvalue weighted by Gasteiger charge is 2.40. The van der Waals surface area contributed by atoms with E-state index in [1.807, 2.05) is 0 Å². The molecule has 0 aromatic heterocycles. The molecule has 0 aromatic carbocycles. The minimum absolute atomic E-state index is 0.248. The first-order chi connectivity index (χ1) is 7.93. The molecule has 0 amide bonds. The summed E-state index contributed by atoms with van der Waals surface area (Å²) in [5.41, 5.74) is -0.564. The molecule has 0 aliphatic carbocycles. The summed E-state index contributed by atoms with van der Waals surface area (Å²) in [6, 6.07) is 1.24. The summed E-state index contributed by atoms with van der Waals surface area (Å²) in [6.45, 7) is 0.721. The summed E-state index contributed by atoms with van der Waals surface area (Å²) in [5, 5.41) is 11.0. The van der Waals surface area contributed by atoms with Gasteiger partial charge in [-0.05, 0) is 0 Å². The van der Waals surface area contributed by atoms with Crippen molar-refractivity contribution in [3.05, 3.63) is 0 Å². The van der Waals surface area contributed by atoms with Gasteiger partial charge in [-0.3, -0.25) is 0 Å². The molecule has 1 saturated heterocycles. The predicted octanol–water partition coefficient (Wildman–Crippen LogP) is 1.08. The van der Waals surface area contributed by atoms with Crippen LogP contribution in [0, 0.1) is 17.2 Å². The SMILES string of the molecule is COC1(CNCC(C#N)C(F)(F)F)CCOC1. The quantitative estimate of drug-likeness (QED) is 0.795. The van der Waals surface area contributed by atoms with Crippen LogP contribution < -0.4 is 5.32 Å². The van der Waals surface area contributed by atoms with Crippen molar-refractivity contribution in [2.24, 2.45) is 5.92 Å². The summed E-state index contributed by atoms with van der Waals surface area (Å²) in [6.07, 6.45) is -3.85. The zero-order valence-corrected chi connectivity index (χ0v) is 9.51. The monoisotopic (exact) mass is 252 g/mol. The second kappa shape index (κ2) is 5.67. The summed E-state index contributed by atoms with van der Waals surface area (Å²) in [5.74, 6) is -1.99. The molecule has 7 heteroatoms. The van der Waals surface area contributed by atoms with Crippen LogP contribution in [0.3, 0.4) is 0 Å². The summed E-state index contributed by atoms with van der Waals surface area (Å²) in [7, 11) is 1.50. The molecule has 1 aliphatic rings. The molecule has 0 aromatic rings. The fourth-order valence-electron chi connectivity index (χ4n) is 1.64. The van der Waals surface area contributed by atoms with Gasteiger partial charge in [0.2, 0.25) is 0 Å². The van der Waals surface area contributed by atoms with Crippen molar-refractivity contribution < 1.29 is 22.6 Å². The van der Waals surface area contributed by atoms with Gasteiger partial charge >= 0.3 is 6.18 Å². The number of halogens is 3. The second-order valence-corrected chi connectivity index (χ2v) is 4.04. The lowest BCUT2D eigenvalue weighted by molar-refractivity contribution is -0.158. The maximum Gasteiger partial charge on any atom is 0.405 e. The topological polar surface area (TPSA) is 54.3 Å². The largest absolute Gasteiger partial charge is 0.405 e. The maximum absolute atomic E-state index is 12.3. The summed E-state index contributed by atoms with van der Waals surface area (Å²) < 4.78 is 47.2. The zero-order chi connectivity index (χ0) is 12.9. The molecule has 0 radical (unpaired) electrons. The Kier molecular flexibility index (Phi) is 4.74. The lowest BCUT2D eigenvalue weighted by Crippen LogP contribution is -2.45. The molecule has 4 nitrogen and oxygen atoms in total. The van der Waals surface area contributed by atoms with E-state index < -0.39 is 24.2 Å². The molecule has 17 heavy (non-hydrogen) atoms. The molecular weight excluding hydrogens is 237 g/mol. The van der Waals surface area contributed by atoms with Gasteiger partial charge < -0.3 is 14.8 Å². The van der Waals surface area contributed by atoms with E-state index in [2.05, 4.69) is 5.32 Å². The third kappa shape index (κ3) is 3.84. The van der Waals surface area contributed by atoms with Gasteiger partial charge in [0.25, 0.3) is 0 Å². The minimum atomic E-state index is -4.49. The average Bonchev–Trinajstić information content (AvgIpc) is 2.72. The van der Waals surface area contributed by atoms with Crippen molar-refractivity contribution in [3.8, 4) is 6.07 Å². The lowest BCUT2D eigenvalue weighted by Gasteiger charge is -2.26. The Morgan fingerprint density at radius 1 is 1.59 bits per heavy atom. The zero-order valence-electron chi connectivity index (χ0n) is 9.51. The molecule has 1 rings (SSSR count). The Morgan fingerprint density at radius 3 is 2.71 bits per heavy atom. The van der Waals surface area contributed by atoms with Crippen LogP contribution in [-0.4, -0.2) is 45.2 Å². The molecule has 2 unspecified atom stereocenters. The van der Waals surface area contributed by atoms with E-state index in [9.17, 15) is 13.2 Å². The van der Waals surface area contributed by atoms with Gasteiger partial charge in [0, 0.05) is 33.2 Å². The van der Waals surface area contributed by atoms with Crippen LogP contribution in [0.1, 0.15) is 6.42 Å². The van der Waals surface area contributed by atoms with Gasteiger partial charge in [0.15, 0.2) is 5.92 Å². The molecule has 1 fully saturated rings. The minimum Gasteiger partial charge on any atom is -0.378 e. The first-order valence-electron chi connectivity index (χ1n) is 5.23. The normalized spacial score (nSPS) is 26.8. The molecule has 1 N–H and O–H groups in total. The number of rotatable bonds is 5. The van der Waals surface area contributed by atoms with Crippen LogP contribution in [-0.2, 0) is 9.47 Å². The van der Waals surface area contributed by atoms with Gasteiger partial charge in [0.1, 0.15) is 5.60 Å². The molecule has 1 heterocycles. The van der Waals surface area contributed by atoms with Crippen LogP contribution in [0.2, 0.25) is 0 Å². The van der Waals surface area contributed by atoms with Gasteiger partial charge in [-0.25, -0.2) is 0 Å². The Hall–Kier alpha value is -0.840. The molecule has 0 saturated carbocycles. The van der Waals surface area contributed by atoms with Crippen LogP contribution in [0.25, 0.3) is 0 Å². The molecule has 1 aliphatic heterocycles. The van der Waals surface area contributed by atoms with E-state index in [0.29, 0.717) is 19.6 Å². The van der Waals surface area contributed by atoms with E-state index >= 15 is 0 Å². The fraction of sp³-hybridized carbons (Fsp3) is 0.900. The number of ether oxygens (including phenoxy) is 2. The standard InChI is InChI=1S/C10H15F3N2O2/c1-16-9(2-3-17-7-9)6-15-5-8(4-14)10(11,12)13/h8,15H,2-3,5-7H2,1H3. The van der Waals surface area contributed by atoms with E-state index in [1.165, 1.54) is 13.2 Å². The molecule has 0 spiro atoms.